The number of carbonyl (C=O) groups excluding carboxylic acids is 1. The van der Waals surface area contributed by atoms with E-state index in [1.807, 2.05) is 0 Å². The van der Waals surface area contributed by atoms with Gasteiger partial charge in [-0.1, -0.05) is 13.8 Å². The Morgan fingerprint density at radius 2 is 1.63 bits per heavy atom. The minimum Gasteiger partial charge on any atom is -0.460 e. The lowest BCUT2D eigenvalue weighted by Crippen LogP contribution is -2.61. The van der Waals surface area contributed by atoms with Gasteiger partial charge in [-0.15, -0.1) is 0 Å². The van der Waals surface area contributed by atoms with E-state index in [0.29, 0.717) is 23.3 Å². The fourth-order valence-electron chi connectivity index (χ4n) is 10.3. The summed E-state index contributed by atoms with van der Waals surface area (Å²) >= 11 is 0. The third-order valence-electron chi connectivity index (χ3n) is 12.0. The Morgan fingerprint density at radius 3 is 2.34 bits per heavy atom. The number of hydrogen-bond acceptors (Lipinski definition) is 6. The normalized spacial score (nSPS) is 50.9. The van der Waals surface area contributed by atoms with Crippen molar-refractivity contribution in [3.8, 4) is 0 Å². The van der Waals surface area contributed by atoms with Gasteiger partial charge in [-0.2, -0.15) is 0 Å². The summed E-state index contributed by atoms with van der Waals surface area (Å²) in [6.07, 6.45) is 10.7. The molecular formula is C29H48N2O4. The highest BCUT2D eigenvalue weighted by molar-refractivity contribution is 5.66. The molecule has 0 radical (unpaired) electrons. The van der Waals surface area contributed by atoms with Crippen LogP contribution in [0.3, 0.4) is 0 Å². The summed E-state index contributed by atoms with van der Waals surface area (Å²) in [5.74, 6) is 2.63. The van der Waals surface area contributed by atoms with Gasteiger partial charge in [0.15, 0.2) is 0 Å². The van der Waals surface area contributed by atoms with Crippen molar-refractivity contribution in [2.24, 2.45) is 34.5 Å². The molecule has 0 aromatic heterocycles. The van der Waals surface area contributed by atoms with E-state index in [1.54, 1.807) is 6.92 Å². The largest absolute Gasteiger partial charge is 0.460 e. The highest BCUT2D eigenvalue weighted by atomic mass is 16.5. The Bertz CT molecular complexity index is 796. The second-order valence-electron chi connectivity index (χ2n) is 13.5. The van der Waals surface area contributed by atoms with Crippen LogP contribution in [0, 0.1) is 34.5 Å². The van der Waals surface area contributed by atoms with E-state index in [1.165, 1.54) is 44.9 Å². The number of aliphatic hydroxyl groups is 1. The zero-order chi connectivity index (χ0) is 24.4. The molecule has 1 N–H and O–H groups in total. The van der Waals surface area contributed by atoms with Crippen molar-refractivity contribution in [3.63, 3.8) is 0 Å². The first-order chi connectivity index (χ1) is 16.8. The average Bonchev–Trinajstić information content (AvgIpc) is 3.46. The van der Waals surface area contributed by atoms with Gasteiger partial charge in [-0.25, -0.2) is 0 Å². The standard InChI is InChI=1S/C29H48N2O4/c1-19(32)35-27-24(30-10-4-5-11-30)17-23-21-7-6-20-16-26(33)25(31-12-14-34-15-13-31)18-29(20,3)22(21)8-9-28(23,27)2/h20-27,33H,4-18H2,1-3H3/t20-,21+,22-,23-,24-,25-,26-,27-,28-,29-/m0/s1. The monoisotopic (exact) mass is 488 g/mol. The predicted molar refractivity (Wildman–Crippen MR) is 135 cm³/mol. The van der Waals surface area contributed by atoms with Crippen molar-refractivity contribution in [2.75, 3.05) is 39.4 Å². The lowest BCUT2D eigenvalue weighted by molar-refractivity contribution is -0.172. The van der Waals surface area contributed by atoms with E-state index < -0.39 is 0 Å². The van der Waals surface area contributed by atoms with E-state index in [4.69, 9.17) is 9.47 Å². The molecule has 6 aliphatic rings. The maximum atomic E-state index is 12.2. The number of carbonyl (C=O) groups is 1. The first-order valence-corrected chi connectivity index (χ1v) is 14.7. The molecule has 35 heavy (non-hydrogen) atoms. The maximum Gasteiger partial charge on any atom is 0.302 e. The molecule has 6 nitrogen and oxygen atoms in total. The number of aliphatic hydroxyl groups excluding tert-OH is 1. The molecule has 0 spiro atoms. The number of ether oxygens (including phenoxy) is 2. The number of morpholine rings is 1. The first kappa shape index (κ1) is 24.6. The fraction of sp³-hybridized carbons (Fsp3) is 0.966. The van der Waals surface area contributed by atoms with Crippen molar-refractivity contribution in [1.29, 1.82) is 0 Å². The molecule has 0 aromatic rings. The molecule has 0 unspecified atom stereocenters. The van der Waals surface area contributed by atoms with Crippen LogP contribution in [-0.4, -0.2) is 84.6 Å². The molecule has 0 aromatic carbocycles. The zero-order valence-electron chi connectivity index (χ0n) is 22.3. The van der Waals surface area contributed by atoms with E-state index >= 15 is 0 Å². The topological polar surface area (TPSA) is 62.2 Å². The van der Waals surface area contributed by atoms with Gasteiger partial charge in [0.25, 0.3) is 0 Å². The van der Waals surface area contributed by atoms with E-state index in [9.17, 15) is 9.90 Å². The molecular weight excluding hydrogens is 440 g/mol. The quantitative estimate of drug-likeness (QED) is 0.611. The molecule has 4 saturated carbocycles. The molecule has 2 aliphatic heterocycles. The summed E-state index contributed by atoms with van der Waals surface area (Å²) in [5, 5.41) is 11.2. The molecule has 4 aliphatic carbocycles. The highest BCUT2D eigenvalue weighted by Gasteiger charge is 2.65. The molecule has 2 saturated heterocycles. The average molecular weight is 489 g/mol. The first-order valence-electron chi connectivity index (χ1n) is 14.7. The second-order valence-corrected chi connectivity index (χ2v) is 13.5. The Hall–Kier alpha value is -0.690. The third-order valence-corrected chi connectivity index (χ3v) is 12.0. The van der Waals surface area contributed by atoms with Crippen LogP contribution in [0.25, 0.3) is 0 Å². The van der Waals surface area contributed by atoms with Crippen molar-refractivity contribution < 1.29 is 19.4 Å². The van der Waals surface area contributed by atoms with Crippen molar-refractivity contribution >= 4 is 5.97 Å². The van der Waals surface area contributed by atoms with Crippen molar-refractivity contribution in [3.05, 3.63) is 0 Å². The van der Waals surface area contributed by atoms with E-state index in [-0.39, 0.29) is 29.6 Å². The minimum atomic E-state index is -0.198. The van der Waals surface area contributed by atoms with Gasteiger partial charge in [-0.05, 0) is 100.0 Å². The van der Waals surface area contributed by atoms with E-state index in [0.717, 1.165) is 64.1 Å². The van der Waals surface area contributed by atoms with Crippen molar-refractivity contribution in [2.45, 2.75) is 103 Å². The maximum absolute atomic E-state index is 12.2. The smallest absolute Gasteiger partial charge is 0.302 e. The fourth-order valence-corrected chi connectivity index (χ4v) is 10.3. The Labute approximate surface area is 212 Å². The second kappa shape index (κ2) is 9.25. The summed E-state index contributed by atoms with van der Waals surface area (Å²) in [7, 11) is 0. The SMILES string of the molecule is CC(=O)O[C@H]1[C@@H](N2CCCC2)C[C@H]2[C@@H]3CC[C@H]4C[C@H](O)[C@@H](N5CCOCC5)C[C@]4(C)[C@H]3CC[C@@]21C. The molecule has 198 valence electrons. The molecule has 6 rings (SSSR count). The molecule has 0 bridgehead atoms. The minimum absolute atomic E-state index is 0.0452. The Morgan fingerprint density at radius 1 is 0.914 bits per heavy atom. The Balaban J connectivity index is 1.27. The molecule has 6 heteroatoms. The van der Waals surface area contributed by atoms with Crippen LogP contribution in [0.15, 0.2) is 0 Å². The summed E-state index contributed by atoms with van der Waals surface area (Å²) in [5.41, 5.74) is 0.399. The number of esters is 1. The van der Waals surface area contributed by atoms with Crippen LogP contribution >= 0.6 is 0 Å². The lowest BCUT2D eigenvalue weighted by Gasteiger charge is -2.62. The van der Waals surface area contributed by atoms with Gasteiger partial charge in [0.1, 0.15) is 6.10 Å². The van der Waals surface area contributed by atoms with Crippen LogP contribution in [0.2, 0.25) is 0 Å². The Kier molecular flexibility index (Phi) is 6.51. The zero-order valence-corrected chi connectivity index (χ0v) is 22.3. The van der Waals surface area contributed by atoms with Gasteiger partial charge in [-0.3, -0.25) is 14.6 Å². The van der Waals surface area contributed by atoms with Gasteiger partial charge >= 0.3 is 5.97 Å². The molecule has 6 fully saturated rings. The number of hydrogen-bond donors (Lipinski definition) is 1. The van der Waals surface area contributed by atoms with Gasteiger partial charge < -0.3 is 14.6 Å². The van der Waals surface area contributed by atoms with Gasteiger partial charge in [0, 0.05) is 37.5 Å². The van der Waals surface area contributed by atoms with Crippen LogP contribution in [0.5, 0.6) is 0 Å². The number of likely N-dealkylation sites (tertiary alicyclic amines) is 1. The highest BCUT2D eigenvalue weighted by Crippen LogP contribution is 2.67. The van der Waals surface area contributed by atoms with Crippen LogP contribution in [0.4, 0.5) is 0 Å². The van der Waals surface area contributed by atoms with Gasteiger partial charge in [0.2, 0.25) is 0 Å². The van der Waals surface area contributed by atoms with Crippen molar-refractivity contribution in [1.82, 2.24) is 9.80 Å². The molecule has 2 heterocycles. The van der Waals surface area contributed by atoms with E-state index in [2.05, 4.69) is 23.6 Å². The summed E-state index contributed by atoms with van der Waals surface area (Å²) in [4.78, 5) is 17.4. The summed E-state index contributed by atoms with van der Waals surface area (Å²) < 4.78 is 11.8. The predicted octanol–water partition coefficient (Wildman–Crippen LogP) is 3.71. The molecule has 0 amide bonds. The third kappa shape index (κ3) is 4.00. The number of rotatable bonds is 3. The van der Waals surface area contributed by atoms with Crippen LogP contribution < -0.4 is 0 Å². The number of nitrogens with zero attached hydrogens (tertiary/aromatic N) is 2. The lowest BCUT2D eigenvalue weighted by atomic mass is 9.44. The number of fused-ring (bicyclic) bond motifs is 5. The summed E-state index contributed by atoms with van der Waals surface area (Å²) in [6.45, 7) is 12.5. The molecule has 10 atom stereocenters. The van der Waals surface area contributed by atoms with Gasteiger partial charge in [0.05, 0.1) is 19.3 Å². The van der Waals surface area contributed by atoms with Crippen LogP contribution in [0.1, 0.15) is 78.6 Å². The summed E-state index contributed by atoms with van der Waals surface area (Å²) in [6, 6.07) is 0.678. The van der Waals surface area contributed by atoms with Crippen LogP contribution in [-0.2, 0) is 14.3 Å².